The van der Waals surface area contributed by atoms with Crippen molar-refractivity contribution < 1.29 is 23.4 Å². The lowest BCUT2D eigenvalue weighted by molar-refractivity contribution is -0.00526. The molecule has 6 heteroatoms. The fourth-order valence-corrected chi connectivity index (χ4v) is 2.06. The molecule has 0 saturated heterocycles. The molecule has 0 fully saturated rings. The van der Waals surface area contributed by atoms with Crippen molar-refractivity contribution in [3.63, 3.8) is 0 Å². The summed E-state index contributed by atoms with van der Waals surface area (Å²) in [5.41, 5.74) is 0.868. The summed E-state index contributed by atoms with van der Waals surface area (Å²) in [6, 6.07) is 5.29. The topological polar surface area (TPSA) is 50.7 Å². The van der Waals surface area contributed by atoms with Crippen LogP contribution in [0.5, 0.6) is 11.5 Å². The molecule has 2 unspecified atom stereocenters. The van der Waals surface area contributed by atoms with Crippen LogP contribution in [0.3, 0.4) is 0 Å². The minimum atomic E-state index is -2.74. The van der Waals surface area contributed by atoms with Crippen LogP contribution < -0.4 is 14.8 Å². The van der Waals surface area contributed by atoms with Gasteiger partial charge in [0.05, 0.1) is 13.7 Å². The van der Waals surface area contributed by atoms with Gasteiger partial charge in [0.2, 0.25) is 0 Å². The van der Waals surface area contributed by atoms with Crippen molar-refractivity contribution in [2.75, 3.05) is 20.3 Å². The largest absolute Gasteiger partial charge is 0.497 e. The molecular weight excluding hydrogens is 256 g/mol. The van der Waals surface area contributed by atoms with Gasteiger partial charge < -0.3 is 19.9 Å². The minimum Gasteiger partial charge on any atom is -0.497 e. The van der Waals surface area contributed by atoms with Gasteiger partial charge in [-0.05, 0) is 18.2 Å². The Hall–Kier alpha value is -1.40. The lowest BCUT2D eigenvalue weighted by atomic mass is 10.00. The molecule has 2 rings (SSSR count). The monoisotopic (exact) mass is 273 g/mol. The van der Waals surface area contributed by atoms with E-state index in [1.807, 2.05) is 6.07 Å². The highest BCUT2D eigenvalue weighted by atomic mass is 19.3. The Morgan fingerprint density at radius 1 is 1.53 bits per heavy atom. The number of ether oxygens (including phenoxy) is 2. The Kier molecular flexibility index (Phi) is 4.55. The highest BCUT2D eigenvalue weighted by Crippen LogP contribution is 2.34. The zero-order chi connectivity index (χ0) is 13.8. The maximum Gasteiger partial charge on any atom is 0.265 e. The smallest absolute Gasteiger partial charge is 0.265 e. The van der Waals surface area contributed by atoms with Crippen LogP contribution in [0.1, 0.15) is 18.0 Å². The predicted octanol–water partition coefficient (Wildman–Crippen LogP) is 1.73. The Morgan fingerprint density at radius 2 is 2.32 bits per heavy atom. The molecule has 2 atom stereocenters. The average molecular weight is 273 g/mol. The molecule has 4 nitrogen and oxygen atoms in total. The number of fused-ring (bicyclic) bond motifs is 1. The second-order valence-corrected chi connectivity index (χ2v) is 4.40. The van der Waals surface area contributed by atoms with Crippen LogP contribution in [0.4, 0.5) is 8.78 Å². The van der Waals surface area contributed by atoms with Crippen molar-refractivity contribution in [1.82, 2.24) is 5.32 Å². The Labute approximate surface area is 110 Å². The Bertz CT molecular complexity index is 428. The molecular formula is C13H17F2NO3. The fourth-order valence-electron chi connectivity index (χ4n) is 2.06. The van der Waals surface area contributed by atoms with Gasteiger partial charge in [-0.1, -0.05) is 0 Å². The highest BCUT2D eigenvalue weighted by molar-refractivity contribution is 5.43. The average Bonchev–Trinajstić information content (AvgIpc) is 2.43. The lowest BCUT2D eigenvalue weighted by Gasteiger charge is -2.28. The number of hydrogen-bond donors (Lipinski definition) is 2. The molecule has 1 aliphatic heterocycles. The van der Waals surface area contributed by atoms with E-state index in [2.05, 4.69) is 5.32 Å². The zero-order valence-corrected chi connectivity index (χ0v) is 10.6. The number of aliphatic hydroxyl groups excluding tert-OH is 1. The molecule has 2 N–H and O–H groups in total. The van der Waals surface area contributed by atoms with Crippen molar-refractivity contribution in [3.8, 4) is 11.5 Å². The predicted molar refractivity (Wildman–Crippen MR) is 65.9 cm³/mol. The van der Waals surface area contributed by atoms with Gasteiger partial charge >= 0.3 is 0 Å². The van der Waals surface area contributed by atoms with Crippen molar-refractivity contribution in [3.05, 3.63) is 23.8 Å². The number of rotatable bonds is 5. The molecule has 0 aliphatic carbocycles. The minimum absolute atomic E-state index is 0.118. The van der Waals surface area contributed by atoms with Gasteiger partial charge in [-0.2, -0.15) is 0 Å². The first-order chi connectivity index (χ1) is 9.11. The van der Waals surface area contributed by atoms with Crippen LogP contribution in [-0.4, -0.2) is 37.9 Å². The summed E-state index contributed by atoms with van der Waals surface area (Å²) in [4.78, 5) is 0. The van der Waals surface area contributed by atoms with E-state index in [1.54, 1.807) is 19.2 Å². The Balaban J connectivity index is 2.08. The first-order valence-electron chi connectivity index (χ1n) is 6.12. The van der Waals surface area contributed by atoms with Gasteiger partial charge in [0.25, 0.3) is 6.43 Å². The summed E-state index contributed by atoms with van der Waals surface area (Å²) < 4.78 is 35.2. The van der Waals surface area contributed by atoms with E-state index in [1.165, 1.54) is 0 Å². The molecule has 0 spiro atoms. The standard InChI is InChI=1S/C13H17F2NO3/c1-18-8-2-3-12-9(6-8)10(4-5-19-12)16-7-11(17)13(14)15/h2-3,6,10-11,13,16-17H,4-5,7H2,1H3. The number of halogens is 2. The number of alkyl halides is 2. The molecule has 0 bridgehead atoms. The summed E-state index contributed by atoms with van der Waals surface area (Å²) in [5.74, 6) is 1.40. The summed E-state index contributed by atoms with van der Waals surface area (Å²) in [6.07, 6.45) is -3.73. The van der Waals surface area contributed by atoms with E-state index >= 15 is 0 Å². The number of aliphatic hydroxyl groups is 1. The summed E-state index contributed by atoms with van der Waals surface area (Å²) >= 11 is 0. The van der Waals surface area contributed by atoms with Crippen molar-refractivity contribution in [2.45, 2.75) is 25.0 Å². The lowest BCUT2D eigenvalue weighted by Crippen LogP contribution is -2.36. The highest BCUT2D eigenvalue weighted by Gasteiger charge is 2.24. The second-order valence-electron chi connectivity index (χ2n) is 4.40. The van der Waals surface area contributed by atoms with Crippen LogP contribution in [0.2, 0.25) is 0 Å². The maximum atomic E-state index is 12.3. The van der Waals surface area contributed by atoms with Crippen LogP contribution in [-0.2, 0) is 0 Å². The maximum absolute atomic E-state index is 12.3. The number of nitrogens with one attached hydrogen (secondary N) is 1. The van der Waals surface area contributed by atoms with Gasteiger partial charge in [0, 0.05) is 24.6 Å². The molecule has 1 aromatic rings. The second kappa shape index (κ2) is 6.16. The zero-order valence-electron chi connectivity index (χ0n) is 10.6. The third kappa shape index (κ3) is 3.33. The normalized spacial score (nSPS) is 19.7. The van der Waals surface area contributed by atoms with E-state index in [-0.39, 0.29) is 12.6 Å². The SMILES string of the molecule is COc1ccc2c(c1)C(NCC(O)C(F)F)CCO2. The quantitative estimate of drug-likeness (QED) is 0.858. The summed E-state index contributed by atoms with van der Waals surface area (Å²) in [5, 5.41) is 12.1. The van der Waals surface area contributed by atoms with Gasteiger partial charge in [-0.25, -0.2) is 8.78 Å². The van der Waals surface area contributed by atoms with Crippen molar-refractivity contribution >= 4 is 0 Å². The molecule has 0 radical (unpaired) electrons. The first kappa shape index (κ1) is 14.0. The molecule has 0 amide bonds. The van der Waals surface area contributed by atoms with Gasteiger partial charge in [0.15, 0.2) is 0 Å². The van der Waals surface area contributed by atoms with E-state index < -0.39 is 12.5 Å². The molecule has 0 aromatic heterocycles. The molecule has 106 valence electrons. The van der Waals surface area contributed by atoms with Crippen LogP contribution in [0.15, 0.2) is 18.2 Å². The van der Waals surface area contributed by atoms with E-state index in [4.69, 9.17) is 14.6 Å². The van der Waals surface area contributed by atoms with E-state index in [9.17, 15) is 8.78 Å². The van der Waals surface area contributed by atoms with Gasteiger partial charge in [-0.3, -0.25) is 0 Å². The number of methoxy groups -OCH3 is 1. The number of hydrogen-bond acceptors (Lipinski definition) is 4. The third-order valence-electron chi connectivity index (χ3n) is 3.12. The molecule has 19 heavy (non-hydrogen) atoms. The summed E-state index contributed by atoms with van der Waals surface area (Å²) in [7, 11) is 1.56. The van der Waals surface area contributed by atoms with Gasteiger partial charge in [0.1, 0.15) is 17.6 Å². The summed E-state index contributed by atoms with van der Waals surface area (Å²) in [6.45, 7) is 0.362. The van der Waals surface area contributed by atoms with E-state index in [0.717, 1.165) is 11.3 Å². The molecule has 0 saturated carbocycles. The fraction of sp³-hybridized carbons (Fsp3) is 0.538. The number of benzene rings is 1. The van der Waals surface area contributed by atoms with Gasteiger partial charge in [-0.15, -0.1) is 0 Å². The van der Waals surface area contributed by atoms with E-state index in [0.29, 0.717) is 18.8 Å². The van der Waals surface area contributed by atoms with Crippen molar-refractivity contribution in [1.29, 1.82) is 0 Å². The Morgan fingerprint density at radius 3 is 3.00 bits per heavy atom. The van der Waals surface area contributed by atoms with Crippen LogP contribution >= 0.6 is 0 Å². The van der Waals surface area contributed by atoms with Crippen LogP contribution in [0, 0.1) is 0 Å². The first-order valence-corrected chi connectivity index (χ1v) is 6.12. The van der Waals surface area contributed by atoms with Crippen molar-refractivity contribution in [2.24, 2.45) is 0 Å². The third-order valence-corrected chi connectivity index (χ3v) is 3.12. The molecule has 1 aromatic carbocycles. The molecule has 1 heterocycles. The van der Waals surface area contributed by atoms with Crippen LogP contribution in [0.25, 0.3) is 0 Å². The molecule has 1 aliphatic rings.